The molecule has 0 heterocycles. The van der Waals surface area contributed by atoms with Gasteiger partial charge in [0.2, 0.25) is 5.91 Å². The molecule has 3 rings (SSSR count). The largest absolute Gasteiger partial charge is 0.457 e. The molecule has 1 aliphatic carbocycles. The molecule has 1 fully saturated rings. The number of hydrogen-bond acceptors (Lipinski definition) is 3. The van der Waals surface area contributed by atoms with E-state index in [9.17, 15) is 4.79 Å². The summed E-state index contributed by atoms with van der Waals surface area (Å²) in [6, 6.07) is 17.1. The summed E-state index contributed by atoms with van der Waals surface area (Å²) < 4.78 is 5.74. The summed E-state index contributed by atoms with van der Waals surface area (Å²) in [5, 5.41) is 2.99. The monoisotopic (exact) mass is 310 g/mol. The number of ether oxygens (including phenoxy) is 1. The normalized spacial score (nSPS) is 20.2. The van der Waals surface area contributed by atoms with Gasteiger partial charge in [0, 0.05) is 11.6 Å². The smallest absolute Gasteiger partial charge is 0.227 e. The fourth-order valence-corrected chi connectivity index (χ4v) is 3.13. The number of nitrogens with one attached hydrogen (secondary N) is 1. The standard InChI is InChI=1S/C19H22N2O2/c20-13-14-5-4-8-18(14)19(22)21-15-9-11-17(12-10-15)23-16-6-2-1-3-7-16/h1-3,6-7,9-12,14,18H,4-5,8,13,20H2,(H,21,22)/t14-,18-/m1/s1. The summed E-state index contributed by atoms with van der Waals surface area (Å²) in [5.41, 5.74) is 6.54. The number of amides is 1. The van der Waals surface area contributed by atoms with Gasteiger partial charge in [0.05, 0.1) is 0 Å². The van der Waals surface area contributed by atoms with Crippen molar-refractivity contribution in [1.82, 2.24) is 0 Å². The van der Waals surface area contributed by atoms with Gasteiger partial charge >= 0.3 is 0 Å². The summed E-state index contributed by atoms with van der Waals surface area (Å²) in [6.07, 6.45) is 3.07. The molecule has 2 aromatic rings. The Bertz CT molecular complexity index is 640. The average molecular weight is 310 g/mol. The lowest BCUT2D eigenvalue weighted by atomic mass is 9.95. The zero-order valence-corrected chi connectivity index (χ0v) is 13.1. The molecule has 1 aliphatic rings. The summed E-state index contributed by atoms with van der Waals surface area (Å²) in [5.74, 6) is 1.97. The molecule has 3 N–H and O–H groups in total. The molecule has 0 radical (unpaired) electrons. The Morgan fingerprint density at radius 3 is 2.43 bits per heavy atom. The third-order valence-corrected chi connectivity index (χ3v) is 4.40. The lowest BCUT2D eigenvalue weighted by Gasteiger charge is -2.17. The predicted octanol–water partition coefficient (Wildman–Crippen LogP) is 3.79. The Balaban J connectivity index is 1.60. The van der Waals surface area contributed by atoms with E-state index in [4.69, 9.17) is 10.5 Å². The number of hydrogen-bond donors (Lipinski definition) is 2. The van der Waals surface area contributed by atoms with Crippen molar-refractivity contribution in [2.24, 2.45) is 17.6 Å². The number of carbonyl (C=O) groups is 1. The SMILES string of the molecule is NC[C@H]1CCC[C@H]1C(=O)Nc1ccc(Oc2ccccc2)cc1. The van der Waals surface area contributed by atoms with Crippen LogP contribution in [0.1, 0.15) is 19.3 Å². The minimum Gasteiger partial charge on any atom is -0.457 e. The van der Waals surface area contributed by atoms with Gasteiger partial charge in [-0.15, -0.1) is 0 Å². The highest BCUT2D eigenvalue weighted by Crippen LogP contribution is 2.32. The van der Waals surface area contributed by atoms with Crippen molar-refractivity contribution in [3.05, 3.63) is 54.6 Å². The molecule has 4 nitrogen and oxygen atoms in total. The van der Waals surface area contributed by atoms with Crippen LogP contribution >= 0.6 is 0 Å². The van der Waals surface area contributed by atoms with Crippen LogP contribution in [0.15, 0.2) is 54.6 Å². The lowest BCUT2D eigenvalue weighted by Crippen LogP contribution is -2.29. The van der Waals surface area contributed by atoms with Gasteiger partial charge in [-0.3, -0.25) is 4.79 Å². The van der Waals surface area contributed by atoms with E-state index in [2.05, 4.69) is 5.32 Å². The second kappa shape index (κ2) is 7.29. The van der Waals surface area contributed by atoms with Crippen molar-refractivity contribution in [1.29, 1.82) is 0 Å². The van der Waals surface area contributed by atoms with Crippen molar-refractivity contribution < 1.29 is 9.53 Å². The third-order valence-electron chi connectivity index (χ3n) is 4.40. The van der Waals surface area contributed by atoms with E-state index in [0.29, 0.717) is 12.5 Å². The second-order valence-corrected chi connectivity index (χ2v) is 5.96. The van der Waals surface area contributed by atoms with Crippen molar-refractivity contribution in [2.75, 3.05) is 11.9 Å². The van der Waals surface area contributed by atoms with Gasteiger partial charge in [0.15, 0.2) is 0 Å². The maximum absolute atomic E-state index is 12.4. The van der Waals surface area contributed by atoms with Crippen LogP contribution in [0.5, 0.6) is 11.5 Å². The summed E-state index contributed by atoms with van der Waals surface area (Å²) in [6.45, 7) is 0.585. The molecule has 23 heavy (non-hydrogen) atoms. The predicted molar refractivity (Wildman–Crippen MR) is 91.5 cm³/mol. The fraction of sp³-hybridized carbons (Fsp3) is 0.316. The van der Waals surface area contributed by atoms with Crippen molar-refractivity contribution in [2.45, 2.75) is 19.3 Å². The molecular weight excluding hydrogens is 288 g/mol. The molecule has 2 aromatic carbocycles. The molecule has 4 heteroatoms. The number of para-hydroxylation sites is 1. The highest BCUT2D eigenvalue weighted by Gasteiger charge is 2.31. The molecule has 0 aromatic heterocycles. The maximum atomic E-state index is 12.4. The van der Waals surface area contributed by atoms with Gasteiger partial charge in [-0.25, -0.2) is 0 Å². The molecule has 0 aliphatic heterocycles. The molecule has 1 amide bonds. The highest BCUT2D eigenvalue weighted by molar-refractivity contribution is 5.93. The molecule has 120 valence electrons. The van der Waals surface area contributed by atoms with Crippen molar-refractivity contribution in [3.8, 4) is 11.5 Å². The number of nitrogens with two attached hydrogens (primary N) is 1. The number of benzene rings is 2. The zero-order valence-electron chi connectivity index (χ0n) is 13.1. The molecule has 0 bridgehead atoms. The Labute approximate surface area is 136 Å². The molecule has 2 atom stereocenters. The van der Waals surface area contributed by atoms with Gasteiger partial charge in [-0.05, 0) is 61.7 Å². The Hall–Kier alpha value is -2.33. The van der Waals surface area contributed by atoms with Crippen LogP contribution in [0.4, 0.5) is 5.69 Å². The van der Waals surface area contributed by atoms with E-state index < -0.39 is 0 Å². The minimum absolute atomic E-state index is 0.0419. The van der Waals surface area contributed by atoms with Gasteiger partial charge in [-0.2, -0.15) is 0 Å². The van der Waals surface area contributed by atoms with E-state index in [-0.39, 0.29) is 11.8 Å². The van der Waals surface area contributed by atoms with E-state index in [1.165, 1.54) is 0 Å². The quantitative estimate of drug-likeness (QED) is 0.883. The highest BCUT2D eigenvalue weighted by atomic mass is 16.5. The molecular formula is C19H22N2O2. The van der Waals surface area contributed by atoms with Crippen LogP contribution < -0.4 is 15.8 Å². The van der Waals surface area contributed by atoms with Crippen LogP contribution in [0.25, 0.3) is 0 Å². The van der Waals surface area contributed by atoms with Crippen LogP contribution in [0, 0.1) is 11.8 Å². The topological polar surface area (TPSA) is 64.4 Å². The first-order valence-corrected chi connectivity index (χ1v) is 8.10. The fourth-order valence-electron chi connectivity index (χ4n) is 3.13. The number of carbonyl (C=O) groups excluding carboxylic acids is 1. The van der Waals surface area contributed by atoms with Gasteiger partial charge in [-0.1, -0.05) is 24.6 Å². The van der Waals surface area contributed by atoms with E-state index in [0.717, 1.165) is 36.4 Å². The van der Waals surface area contributed by atoms with Crippen molar-refractivity contribution >= 4 is 11.6 Å². The third kappa shape index (κ3) is 3.90. The maximum Gasteiger partial charge on any atom is 0.227 e. The van der Waals surface area contributed by atoms with Crippen molar-refractivity contribution in [3.63, 3.8) is 0 Å². The summed E-state index contributed by atoms with van der Waals surface area (Å²) >= 11 is 0. The summed E-state index contributed by atoms with van der Waals surface area (Å²) in [4.78, 5) is 12.4. The van der Waals surface area contributed by atoms with Gasteiger partial charge < -0.3 is 15.8 Å². The van der Waals surface area contributed by atoms with Crippen LogP contribution in [0.2, 0.25) is 0 Å². The molecule has 0 spiro atoms. The minimum atomic E-state index is 0.0419. The Morgan fingerprint density at radius 1 is 1.04 bits per heavy atom. The van der Waals surface area contributed by atoms with Crippen LogP contribution in [-0.2, 0) is 4.79 Å². The number of anilines is 1. The first-order valence-electron chi connectivity index (χ1n) is 8.10. The lowest BCUT2D eigenvalue weighted by molar-refractivity contribution is -0.120. The van der Waals surface area contributed by atoms with Crippen LogP contribution in [-0.4, -0.2) is 12.5 Å². The van der Waals surface area contributed by atoms with Crippen LogP contribution in [0.3, 0.4) is 0 Å². The Morgan fingerprint density at radius 2 is 1.74 bits per heavy atom. The first-order chi connectivity index (χ1) is 11.3. The molecule has 0 unspecified atom stereocenters. The molecule has 0 saturated heterocycles. The van der Waals surface area contributed by atoms with Gasteiger partial charge in [0.1, 0.15) is 11.5 Å². The van der Waals surface area contributed by atoms with E-state index in [1.54, 1.807) is 0 Å². The number of rotatable bonds is 5. The van der Waals surface area contributed by atoms with E-state index >= 15 is 0 Å². The average Bonchev–Trinajstić information content (AvgIpc) is 3.06. The van der Waals surface area contributed by atoms with Gasteiger partial charge in [0.25, 0.3) is 0 Å². The summed E-state index contributed by atoms with van der Waals surface area (Å²) in [7, 11) is 0. The second-order valence-electron chi connectivity index (χ2n) is 5.96. The molecule has 1 saturated carbocycles. The Kier molecular flexibility index (Phi) is 4.93. The van der Waals surface area contributed by atoms with E-state index in [1.807, 2.05) is 54.6 Å². The first kappa shape index (κ1) is 15.6. The zero-order chi connectivity index (χ0) is 16.1.